The van der Waals surface area contributed by atoms with E-state index in [-0.39, 0.29) is 30.5 Å². The van der Waals surface area contributed by atoms with Crippen LogP contribution in [0, 0.1) is 29.0 Å². The Kier molecular flexibility index (Phi) is 6.20. The van der Waals surface area contributed by atoms with E-state index >= 15 is 0 Å². The molecule has 6 atom stereocenters. The summed E-state index contributed by atoms with van der Waals surface area (Å²) in [6.45, 7) is 3.69. The standard InChI is InChI=1S/C25H33FN4O2/c1-32-22-11-21-14-29(6-7-30(21)15-22)20-5-3-17(23(26)12-20)8-16(13-27)9-24(31)25-18-2-4-19(10-18)28-25/h3,5,12,16,18-19,21-22,25,28H,2,4,6-11,14-15H2,1H3/t16-,18+,19-,21-,22-,25+/m1/s1. The average molecular weight is 441 g/mol. The molecule has 0 amide bonds. The fraction of sp³-hybridized carbons (Fsp3) is 0.680. The molecule has 4 fully saturated rings. The van der Waals surface area contributed by atoms with Crippen molar-refractivity contribution in [2.24, 2.45) is 11.8 Å². The number of nitrogens with zero attached hydrogens (tertiary/aromatic N) is 3. The minimum Gasteiger partial charge on any atom is -0.380 e. The number of hydrogen-bond acceptors (Lipinski definition) is 6. The molecule has 3 aliphatic heterocycles. The van der Waals surface area contributed by atoms with Gasteiger partial charge in [0, 0.05) is 57.5 Å². The van der Waals surface area contributed by atoms with Crippen molar-refractivity contribution in [1.82, 2.24) is 10.2 Å². The van der Waals surface area contributed by atoms with Crippen LogP contribution in [0.25, 0.3) is 0 Å². The van der Waals surface area contributed by atoms with Gasteiger partial charge < -0.3 is 15.0 Å². The molecular formula is C25H33FN4O2. The Balaban J connectivity index is 1.19. The van der Waals surface area contributed by atoms with Crippen molar-refractivity contribution >= 4 is 11.5 Å². The first kappa shape index (κ1) is 21.8. The molecule has 4 aliphatic rings. The van der Waals surface area contributed by atoms with Gasteiger partial charge in [0.2, 0.25) is 0 Å². The van der Waals surface area contributed by atoms with Gasteiger partial charge in [0.25, 0.3) is 0 Å². The van der Waals surface area contributed by atoms with E-state index in [0.29, 0.717) is 29.7 Å². The van der Waals surface area contributed by atoms with E-state index in [1.807, 2.05) is 6.07 Å². The second kappa shape index (κ2) is 9.09. The molecule has 0 spiro atoms. The van der Waals surface area contributed by atoms with Gasteiger partial charge in [-0.3, -0.25) is 9.69 Å². The Labute approximate surface area is 189 Å². The summed E-state index contributed by atoms with van der Waals surface area (Å²) >= 11 is 0. The molecule has 172 valence electrons. The van der Waals surface area contributed by atoms with Crippen LogP contribution in [0.3, 0.4) is 0 Å². The van der Waals surface area contributed by atoms with Crippen LogP contribution < -0.4 is 10.2 Å². The van der Waals surface area contributed by atoms with Crippen molar-refractivity contribution in [3.05, 3.63) is 29.6 Å². The molecule has 1 N–H and O–H groups in total. The Morgan fingerprint density at radius 3 is 2.88 bits per heavy atom. The first-order valence-electron chi connectivity index (χ1n) is 12.0. The van der Waals surface area contributed by atoms with Gasteiger partial charge in [-0.2, -0.15) is 5.26 Å². The Morgan fingerprint density at radius 1 is 1.31 bits per heavy atom. The zero-order chi connectivity index (χ0) is 22.2. The van der Waals surface area contributed by atoms with Crippen LogP contribution in [-0.4, -0.2) is 68.2 Å². The lowest BCUT2D eigenvalue weighted by molar-refractivity contribution is -0.122. The van der Waals surface area contributed by atoms with Crippen LogP contribution in [-0.2, 0) is 16.0 Å². The number of piperazine rings is 1. The number of piperidine rings is 1. The maximum absolute atomic E-state index is 15.0. The maximum Gasteiger partial charge on any atom is 0.151 e. The lowest BCUT2D eigenvalue weighted by atomic mass is 9.88. The molecule has 0 unspecified atom stereocenters. The van der Waals surface area contributed by atoms with Gasteiger partial charge in [-0.1, -0.05) is 6.07 Å². The first-order valence-corrected chi connectivity index (χ1v) is 12.0. The van der Waals surface area contributed by atoms with Crippen molar-refractivity contribution in [2.45, 2.75) is 62.8 Å². The number of nitrogens with one attached hydrogen (secondary N) is 1. The number of fused-ring (bicyclic) bond motifs is 3. The number of Topliss-reactive ketones (excluding diaryl/α,β-unsaturated/α-hetero) is 1. The number of ether oxygens (including phenoxy) is 1. The zero-order valence-corrected chi connectivity index (χ0v) is 18.8. The van der Waals surface area contributed by atoms with Gasteiger partial charge in [-0.25, -0.2) is 4.39 Å². The molecule has 1 saturated carbocycles. The van der Waals surface area contributed by atoms with Gasteiger partial charge in [0.15, 0.2) is 5.78 Å². The highest BCUT2D eigenvalue weighted by atomic mass is 19.1. The summed E-state index contributed by atoms with van der Waals surface area (Å²) < 4.78 is 20.5. The first-order chi connectivity index (χ1) is 15.5. The zero-order valence-electron chi connectivity index (χ0n) is 18.8. The molecule has 1 aromatic rings. The summed E-state index contributed by atoms with van der Waals surface area (Å²) in [5.74, 6) is -0.236. The highest BCUT2D eigenvalue weighted by molar-refractivity contribution is 5.85. The summed E-state index contributed by atoms with van der Waals surface area (Å²) in [6.07, 6.45) is 5.11. The molecule has 32 heavy (non-hydrogen) atoms. The van der Waals surface area contributed by atoms with Gasteiger partial charge in [-0.05, 0) is 55.7 Å². The number of rotatable bonds is 7. The van der Waals surface area contributed by atoms with Crippen LogP contribution in [0.4, 0.5) is 10.1 Å². The number of methoxy groups -OCH3 is 1. The van der Waals surface area contributed by atoms with Gasteiger partial charge in [-0.15, -0.1) is 0 Å². The van der Waals surface area contributed by atoms with E-state index in [1.165, 1.54) is 0 Å². The van der Waals surface area contributed by atoms with E-state index in [9.17, 15) is 14.4 Å². The Bertz CT molecular complexity index is 902. The molecule has 1 aliphatic carbocycles. The fourth-order valence-electron chi connectivity index (χ4n) is 6.32. The van der Waals surface area contributed by atoms with Crippen LogP contribution in [0.5, 0.6) is 0 Å². The van der Waals surface area contributed by atoms with Crippen molar-refractivity contribution in [1.29, 1.82) is 5.26 Å². The molecule has 1 aromatic carbocycles. The predicted molar refractivity (Wildman–Crippen MR) is 120 cm³/mol. The summed E-state index contributed by atoms with van der Waals surface area (Å²) in [4.78, 5) is 17.5. The third-order valence-electron chi connectivity index (χ3n) is 8.12. The molecule has 3 saturated heterocycles. The smallest absolute Gasteiger partial charge is 0.151 e. The second-order valence-electron chi connectivity index (χ2n) is 10.1. The average Bonchev–Trinajstić information content (AvgIpc) is 3.54. The lowest BCUT2D eigenvalue weighted by Crippen LogP contribution is -2.50. The summed E-state index contributed by atoms with van der Waals surface area (Å²) in [6, 6.07) is 8.41. The number of anilines is 1. The van der Waals surface area contributed by atoms with E-state index in [0.717, 1.165) is 57.5 Å². The number of carbonyl (C=O) groups excluding carboxylic acids is 1. The molecule has 0 aromatic heterocycles. The summed E-state index contributed by atoms with van der Waals surface area (Å²) in [7, 11) is 1.77. The number of nitriles is 1. The third-order valence-corrected chi connectivity index (χ3v) is 8.12. The highest BCUT2D eigenvalue weighted by Gasteiger charge is 2.42. The third kappa shape index (κ3) is 4.28. The molecular weight excluding hydrogens is 407 g/mol. The van der Waals surface area contributed by atoms with Gasteiger partial charge >= 0.3 is 0 Å². The van der Waals surface area contributed by atoms with E-state index in [4.69, 9.17) is 4.74 Å². The Hall–Kier alpha value is -2.01. The van der Waals surface area contributed by atoms with Crippen LogP contribution in [0.1, 0.15) is 37.7 Å². The second-order valence-corrected chi connectivity index (χ2v) is 10.1. The largest absolute Gasteiger partial charge is 0.380 e. The van der Waals surface area contributed by atoms with Crippen LogP contribution >= 0.6 is 0 Å². The fourth-order valence-corrected chi connectivity index (χ4v) is 6.32. The van der Waals surface area contributed by atoms with Crippen molar-refractivity contribution < 1.29 is 13.9 Å². The topological polar surface area (TPSA) is 68.6 Å². The lowest BCUT2D eigenvalue weighted by Gasteiger charge is -2.38. The van der Waals surface area contributed by atoms with E-state index in [2.05, 4.69) is 21.2 Å². The molecule has 3 heterocycles. The summed E-state index contributed by atoms with van der Waals surface area (Å²) in [5, 5.41) is 13.0. The van der Waals surface area contributed by atoms with Crippen molar-refractivity contribution in [3.63, 3.8) is 0 Å². The van der Waals surface area contributed by atoms with Crippen LogP contribution in [0.15, 0.2) is 18.2 Å². The molecule has 5 rings (SSSR count). The number of hydrogen-bond donors (Lipinski definition) is 1. The maximum atomic E-state index is 15.0. The highest BCUT2D eigenvalue weighted by Crippen LogP contribution is 2.36. The van der Waals surface area contributed by atoms with Crippen molar-refractivity contribution in [3.8, 4) is 6.07 Å². The molecule has 0 radical (unpaired) electrons. The van der Waals surface area contributed by atoms with Gasteiger partial charge in [0.1, 0.15) is 5.82 Å². The summed E-state index contributed by atoms with van der Waals surface area (Å²) in [5.41, 5.74) is 1.41. The monoisotopic (exact) mass is 440 g/mol. The Morgan fingerprint density at radius 2 is 2.19 bits per heavy atom. The molecule has 6 nitrogen and oxygen atoms in total. The number of carbonyl (C=O) groups is 1. The number of benzene rings is 1. The van der Waals surface area contributed by atoms with E-state index < -0.39 is 5.92 Å². The van der Waals surface area contributed by atoms with Crippen molar-refractivity contribution in [2.75, 3.05) is 38.2 Å². The number of ketones is 1. The SMILES string of the molecule is CO[C@@H]1C[C@@H]2CN(c3ccc(C[C@@H](C#N)CC(=O)[C@H]4N[C@@H]5CC[C@H]4C5)c(F)c3)CCN2C1. The predicted octanol–water partition coefficient (Wildman–Crippen LogP) is 2.52. The molecule has 2 bridgehead atoms. The minimum atomic E-state index is -0.489. The van der Waals surface area contributed by atoms with Gasteiger partial charge in [0.05, 0.1) is 24.1 Å². The normalized spacial score (nSPS) is 32.7. The minimum absolute atomic E-state index is 0.108. The molecule has 7 heteroatoms. The number of halogens is 1. The quantitative estimate of drug-likeness (QED) is 0.703. The van der Waals surface area contributed by atoms with E-state index in [1.54, 1.807) is 19.2 Å². The van der Waals surface area contributed by atoms with Crippen LogP contribution in [0.2, 0.25) is 0 Å².